The Hall–Kier alpha value is -1.38. The van der Waals surface area contributed by atoms with Gasteiger partial charge in [-0.15, -0.1) is 0 Å². The molecule has 1 fully saturated rings. The van der Waals surface area contributed by atoms with E-state index in [1.54, 1.807) is 7.11 Å². The van der Waals surface area contributed by atoms with Gasteiger partial charge in [0.1, 0.15) is 0 Å². The molecule has 0 radical (unpaired) electrons. The summed E-state index contributed by atoms with van der Waals surface area (Å²) in [6.07, 6.45) is 3.88. The Morgan fingerprint density at radius 1 is 1.10 bits per heavy atom. The molecule has 0 aromatic heterocycles. The molecule has 0 aliphatic heterocycles. The quantitative estimate of drug-likeness (QED) is 0.778. The van der Waals surface area contributed by atoms with Crippen LogP contribution in [0.2, 0.25) is 0 Å². The minimum Gasteiger partial charge on any atom is -0.383 e. The van der Waals surface area contributed by atoms with Crippen molar-refractivity contribution in [2.75, 3.05) is 26.8 Å². The fraction of sp³-hybridized carbons (Fsp3) is 0.444. The zero-order valence-corrected chi connectivity index (χ0v) is 12.2. The van der Waals surface area contributed by atoms with Crippen LogP contribution < -0.4 is 5.32 Å². The van der Waals surface area contributed by atoms with Gasteiger partial charge in [0.25, 0.3) is 0 Å². The maximum absolute atomic E-state index is 5.09. The number of rotatable bonds is 7. The summed E-state index contributed by atoms with van der Waals surface area (Å²) in [6.45, 7) is 2.86. The molecule has 0 spiro atoms. The van der Waals surface area contributed by atoms with Crippen molar-refractivity contribution in [2.45, 2.75) is 19.3 Å². The molecule has 2 aromatic carbocycles. The Kier molecular flexibility index (Phi) is 4.04. The molecule has 2 aromatic rings. The summed E-state index contributed by atoms with van der Waals surface area (Å²) in [5.74, 6) is 0. The van der Waals surface area contributed by atoms with Crippen molar-refractivity contribution in [3.05, 3.63) is 48.0 Å². The van der Waals surface area contributed by atoms with E-state index in [4.69, 9.17) is 4.74 Å². The van der Waals surface area contributed by atoms with Crippen LogP contribution in [0.3, 0.4) is 0 Å². The van der Waals surface area contributed by atoms with E-state index in [1.807, 2.05) is 0 Å². The standard InChI is InChI=1S/C18H23NO/c1-20-12-11-19-14-18(9-10-18)13-16-7-4-6-15-5-2-3-8-17(15)16/h2-8,19H,9-14H2,1H3. The number of ether oxygens (including phenoxy) is 1. The van der Waals surface area contributed by atoms with Gasteiger partial charge in [-0.2, -0.15) is 0 Å². The van der Waals surface area contributed by atoms with Gasteiger partial charge in [0.15, 0.2) is 0 Å². The van der Waals surface area contributed by atoms with E-state index in [9.17, 15) is 0 Å². The largest absolute Gasteiger partial charge is 0.383 e. The predicted octanol–water partition coefficient (Wildman–Crippen LogP) is 3.40. The van der Waals surface area contributed by atoms with Crippen molar-refractivity contribution in [1.82, 2.24) is 5.32 Å². The molecule has 0 amide bonds. The second-order valence-corrected chi connectivity index (χ2v) is 5.98. The van der Waals surface area contributed by atoms with Crippen molar-refractivity contribution < 1.29 is 4.74 Å². The van der Waals surface area contributed by atoms with Gasteiger partial charge in [0, 0.05) is 20.2 Å². The average molecular weight is 269 g/mol. The second-order valence-electron chi connectivity index (χ2n) is 5.98. The van der Waals surface area contributed by atoms with Crippen LogP contribution in [0.25, 0.3) is 10.8 Å². The van der Waals surface area contributed by atoms with Crippen LogP contribution in [0.4, 0.5) is 0 Å². The van der Waals surface area contributed by atoms with Gasteiger partial charge in [0.05, 0.1) is 6.61 Å². The van der Waals surface area contributed by atoms with Crippen molar-refractivity contribution in [3.63, 3.8) is 0 Å². The smallest absolute Gasteiger partial charge is 0.0587 e. The van der Waals surface area contributed by atoms with Crippen LogP contribution in [0.5, 0.6) is 0 Å². The minimum atomic E-state index is 0.484. The Labute approximate surface area is 121 Å². The average Bonchev–Trinajstić information content (AvgIpc) is 3.24. The van der Waals surface area contributed by atoms with E-state index >= 15 is 0 Å². The molecule has 1 aliphatic rings. The zero-order valence-electron chi connectivity index (χ0n) is 12.2. The monoisotopic (exact) mass is 269 g/mol. The van der Waals surface area contributed by atoms with E-state index in [2.05, 4.69) is 47.8 Å². The van der Waals surface area contributed by atoms with Crippen molar-refractivity contribution in [1.29, 1.82) is 0 Å². The molecule has 0 unspecified atom stereocenters. The fourth-order valence-corrected chi connectivity index (χ4v) is 2.97. The molecular weight excluding hydrogens is 246 g/mol. The lowest BCUT2D eigenvalue weighted by atomic mass is 9.92. The van der Waals surface area contributed by atoms with E-state index in [1.165, 1.54) is 35.6 Å². The first-order valence-electron chi connectivity index (χ1n) is 7.49. The Morgan fingerprint density at radius 3 is 2.70 bits per heavy atom. The lowest BCUT2D eigenvalue weighted by Crippen LogP contribution is -2.28. The maximum Gasteiger partial charge on any atom is 0.0587 e. The summed E-state index contributed by atoms with van der Waals surface area (Å²) >= 11 is 0. The first kappa shape index (κ1) is 13.6. The normalized spacial score (nSPS) is 16.4. The molecule has 1 N–H and O–H groups in total. The van der Waals surface area contributed by atoms with Gasteiger partial charge in [-0.25, -0.2) is 0 Å². The first-order valence-corrected chi connectivity index (χ1v) is 7.49. The summed E-state index contributed by atoms with van der Waals surface area (Å²) in [6, 6.07) is 15.4. The van der Waals surface area contributed by atoms with Crippen LogP contribution in [-0.2, 0) is 11.2 Å². The summed E-state index contributed by atoms with van der Waals surface area (Å²) in [5, 5.41) is 6.30. The highest BCUT2D eigenvalue weighted by atomic mass is 16.5. The molecule has 20 heavy (non-hydrogen) atoms. The number of benzene rings is 2. The Morgan fingerprint density at radius 2 is 1.90 bits per heavy atom. The van der Waals surface area contributed by atoms with E-state index in [0.717, 1.165) is 19.7 Å². The predicted molar refractivity (Wildman–Crippen MR) is 84.1 cm³/mol. The topological polar surface area (TPSA) is 21.3 Å². The van der Waals surface area contributed by atoms with Gasteiger partial charge in [-0.3, -0.25) is 0 Å². The number of nitrogens with one attached hydrogen (secondary N) is 1. The number of hydrogen-bond donors (Lipinski definition) is 1. The first-order chi connectivity index (χ1) is 9.83. The SMILES string of the molecule is COCCNCC1(Cc2cccc3ccccc23)CC1. The molecule has 2 nitrogen and oxygen atoms in total. The highest BCUT2D eigenvalue weighted by Gasteiger charge is 2.42. The van der Waals surface area contributed by atoms with E-state index in [-0.39, 0.29) is 0 Å². The lowest BCUT2D eigenvalue weighted by molar-refractivity contribution is 0.197. The molecule has 3 rings (SSSR count). The third-order valence-corrected chi connectivity index (χ3v) is 4.39. The Bertz CT molecular complexity index is 569. The minimum absolute atomic E-state index is 0.484. The second kappa shape index (κ2) is 5.94. The molecule has 0 atom stereocenters. The van der Waals surface area contributed by atoms with Crippen LogP contribution in [0.15, 0.2) is 42.5 Å². The lowest BCUT2D eigenvalue weighted by Gasteiger charge is -2.17. The van der Waals surface area contributed by atoms with Gasteiger partial charge in [-0.1, -0.05) is 42.5 Å². The molecule has 2 heteroatoms. The zero-order chi connectivity index (χ0) is 13.8. The van der Waals surface area contributed by atoms with Crippen molar-refractivity contribution in [2.24, 2.45) is 5.41 Å². The third kappa shape index (κ3) is 3.02. The van der Waals surface area contributed by atoms with Crippen LogP contribution in [0, 0.1) is 5.41 Å². The number of methoxy groups -OCH3 is 1. The van der Waals surface area contributed by atoms with Crippen LogP contribution >= 0.6 is 0 Å². The van der Waals surface area contributed by atoms with E-state index < -0.39 is 0 Å². The Balaban J connectivity index is 1.70. The molecule has 0 bridgehead atoms. The molecular formula is C18H23NO. The highest BCUT2D eigenvalue weighted by molar-refractivity contribution is 5.85. The van der Waals surface area contributed by atoms with Gasteiger partial charge < -0.3 is 10.1 Å². The molecule has 1 saturated carbocycles. The molecule has 0 heterocycles. The van der Waals surface area contributed by atoms with Crippen molar-refractivity contribution in [3.8, 4) is 0 Å². The molecule has 0 saturated heterocycles. The third-order valence-electron chi connectivity index (χ3n) is 4.39. The summed E-state index contributed by atoms with van der Waals surface area (Å²) in [5.41, 5.74) is 1.98. The van der Waals surface area contributed by atoms with Crippen molar-refractivity contribution >= 4 is 10.8 Å². The van der Waals surface area contributed by atoms with Gasteiger partial charge in [-0.05, 0) is 41.0 Å². The maximum atomic E-state index is 5.09. The fourth-order valence-electron chi connectivity index (χ4n) is 2.97. The number of fused-ring (bicyclic) bond motifs is 1. The summed E-state index contributed by atoms with van der Waals surface area (Å²) in [7, 11) is 1.75. The van der Waals surface area contributed by atoms with Gasteiger partial charge >= 0.3 is 0 Å². The molecule has 106 valence electrons. The van der Waals surface area contributed by atoms with E-state index in [0.29, 0.717) is 5.41 Å². The summed E-state index contributed by atoms with van der Waals surface area (Å²) < 4.78 is 5.09. The number of hydrogen-bond acceptors (Lipinski definition) is 2. The molecule has 1 aliphatic carbocycles. The van der Waals surface area contributed by atoms with Crippen LogP contribution in [0.1, 0.15) is 18.4 Å². The summed E-state index contributed by atoms with van der Waals surface area (Å²) in [4.78, 5) is 0. The van der Waals surface area contributed by atoms with Crippen LogP contribution in [-0.4, -0.2) is 26.8 Å². The highest BCUT2D eigenvalue weighted by Crippen LogP contribution is 2.48. The van der Waals surface area contributed by atoms with Gasteiger partial charge in [0.2, 0.25) is 0 Å².